The van der Waals surface area contributed by atoms with Gasteiger partial charge in [-0.2, -0.15) is 5.26 Å². The van der Waals surface area contributed by atoms with E-state index >= 15 is 0 Å². The van der Waals surface area contributed by atoms with Crippen LogP contribution in [-0.2, 0) is 0 Å². The Kier molecular flexibility index (Phi) is 5.55. The highest BCUT2D eigenvalue weighted by atomic mass is 16.5. The normalized spacial score (nSPS) is 10.4. The second kappa shape index (κ2) is 8.60. The molecule has 5 nitrogen and oxygen atoms in total. The molecular formula is C26H22N4O. The lowest BCUT2D eigenvalue weighted by Crippen LogP contribution is -2.08. The first-order chi connectivity index (χ1) is 15.0. The van der Waals surface area contributed by atoms with Gasteiger partial charge in [-0.25, -0.2) is 4.98 Å². The Morgan fingerprint density at radius 2 is 1.45 bits per heavy atom. The van der Waals surface area contributed by atoms with Gasteiger partial charge in [-0.3, -0.25) is 0 Å². The fraction of sp³-hybridized carbons (Fsp3) is 0.0769. The van der Waals surface area contributed by atoms with Crippen LogP contribution >= 0.6 is 0 Å². The summed E-state index contributed by atoms with van der Waals surface area (Å²) in [5.41, 5.74) is 10.9. The molecule has 0 bridgehead atoms. The Balaban J connectivity index is 1.68. The average molecular weight is 406 g/mol. The summed E-state index contributed by atoms with van der Waals surface area (Å²) in [6.07, 6.45) is 0. The van der Waals surface area contributed by atoms with Gasteiger partial charge in [0.15, 0.2) is 0 Å². The monoisotopic (exact) mass is 406 g/mol. The standard InChI is InChI=1S/C26H22N4O/c1-30(2)20-12-8-18(9-13-20)23-16-25(29-26(28)24(23)17-27)19-10-14-22(15-11-19)31-21-6-4-3-5-7-21/h3-16H,1-2H3,(H2,28,29). The fourth-order valence-corrected chi connectivity index (χ4v) is 3.32. The lowest BCUT2D eigenvalue weighted by molar-refractivity contribution is 0.483. The van der Waals surface area contributed by atoms with Crippen LogP contribution in [0.2, 0.25) is 0 Å². The zero-order chi connectivity index (χ0) is 21.8. The number of benzene rings is 3. The molecule has 0 fully saturated rings. The summed E-state index contributed by atoms with van der Waals surface area (Å²) in [5.74, 6) is 1.73. The molecule has 0 saturated carbocycles. The van der Waals surface area contributed by atoms with Gasteiger partial charge in [0.1, 0.15) is 28.9 Å². The van der Waals surface area contributed by atoms with Crippen molar-refractivity contribution in [2.24, 2.45) is 0 Å². The van der Waals surface area contributed by atoms with Crippen molar-refractivity contribution in [1.29, 1.82) is 5.26 Å². The highest BCUT2D eigenvalue weighted by Crippen LogP contribution is 2.33. The number of rotatable bonds is 5. The Labute approximate surface area is 182 Å². The number of ether oxygens (including phenoxy) is 1. The van der Waals surface area contributed by atoms with Gasteiger partial charge in [0, 0.05) is 30.9 Å². The third kappa shape index (κ3) is 4.34. The van der Waals surface area contributed by atoms with E-state index in [1.807, 2.05) is 104 Å². The van der Waals surface area contributed by atoms with Gasteiger partial charge < -0.3 is 15.4 Å². The van der Waals surface area contributed by atoms with E-state index in [0.29, 0.717) is 11.3 Å². The number of nitriles is 1. The fourth-order valence-electron chi connectivity index (χ4n) is 3.32. The maximum absolute atomic E-state index is 9.65. The molecule has 0 unspecified atom stereocenters. The van der Waals surface area contributed by atoms with Gasteiger partial charge >= 0.3 is 0 Å². The SMILES string of the molecule is CN(C)c1ccc(-c2cc(-c3ccc(Oc4ccccc4)cc3)nc(N)c2C#N)cc1. The van der Waals surface area contributed by atoms with Crippen LogP contribution in [0, 0.1) is 11.3 Å². The Morgan fingerprint density at radius 1 is 0.839 bits per heavy atom. The van der Waals surface area contributed by atoms with Crippen molar-refractivity contribution in [3.63, 3.8) is 0 Å². The number of hydrogen-bond acceptors (Lipinski definition) is 5. The largest absolute Gasteiger partial charge is 0.457 e. The highest BCUT2D eigenvalue weighted by molar-refractivity contribution is 5.80. The molecular weight excluding hydrogens is 384 g/mol. The van der Waals surface area contributed by atoms with Crippen LogP contribution in [0.1, 0.15) is 5.56 Å². The summed E-state index contributed by atoms with van der Waals surface area (Å²) >= 11 is 0. The van der Waals surface area contributed by atoms with Crippen molar-refractivity contribution in [3.8, 4) is 40.0 Å². The molecule has 0 amide bonds. The van der Waals surface area contributed by atoms with Crippen molar-refractivity contribution in [1.82, 2.24) is 4.98 Å². The van der Waals surface area contributed by atoms with E-state index in [-0.39, 0.29) is 5.82 Å². The molecule has 0 spiro atoms. The molecule has 1 aromatic heterocycles. The minimum atomic E-state index is 0.219. The quantitative estimate of drug-likeness (QED) is 0.458. The van der Waals surface area contributed by atoms with E-state index in [0.717, 1.165) is 33.9 Å². The van der Waals surface area contributed by atoms with Crippen molar-refractivity contribution < 1.29 is 4.74 Å². The van der Waals surface area contributed by atoms with Gasteiger partial charge in [0.05, 0.1) is 5.69 Å². The molecule has 0 aliphatic heterocycles. The minimum absolute atomic E-state index is 0.219. The Morgan fingerprint density at radius 3 is 2.06 bits per heavy atom. The first-order valence-electron chi connectivity index (χ1n) is 9.87. The van der Waals surface area contributed by atoms with Gasteiger partial charge in [-0.1, -0.05) is 30.3 Å². The average Bonchev–Trinajstić information content (AvgIpc) is 2.80. The number of aromatic nitrogens is 1. The summed E-state index contributed by atoms with van der Waals surface area (Å²) in [7, 11) is 3.98. The van der Waals surface area contributed by atoms with E-state index in [1.165, 1.54) is 0 Å². The molecule has 5 heteroatoms. The molecule has 0 aliphatic carbocycles. The second-order valence-corrected chi connectivity index (χ2v) is 7.31. The molecule has 0 saturated heterocycles. The summed E-state index contributed by atoms with van der Waals surface area (Å²) in [5, 5.41) is 9.65. The molecule has 0 radical (unpaired) electrons. The molecule has 31 heavy (non-hydrogen) atoms. The first kappa shape index (κ1) is 20.0. The van der Waals surface area contributed by atoms with Crippen LogP contribution in [0.4, 0.5) is 11.5 Å². The van der Waals surface area contributed by atoms with Crippen molar-refractivity contribution in [3.05, 3.63) is 90.5 Å². The zero-order valence-electron chi connectivity index (χ0n) is 17.4. The number of nitrogens with zero attached hydrogens (tertiary/aromatic N) is 3. The lowest BCUT2D eigenvalue weighted by Gasteiger charge is -2.14. The number of nitrogen functional groups attached to an aromatic ring is 1. The van der Waals surface area contributed by atoms with Gasteiger partial charge in [0.2, 0.25) is 0 Å². The molecule has 1 heterocycles. The number of nitrogens with two attached hydrogens (primary N) is 1. The smallest absolute Gasteiger partial charge is 0.142 e. The number of para-hydroxylation sites is 1. The van der Waals surface area contributed by atoms with Crippen molar-refractivity contribution >= 4 is 11.5 Å². The predicted molar refractivity (Wildman–Crippen MR) is 125 cm³/mol. The summed E-state index contributed by atoms with van der Waals surface area (Å²) < 4.78 is 5.86. The molecule has 4 rings (SSSR count). The van der Waals surface area contributed by atoms with Gasteiger partial charge in [-0.05, 0) is 60.2 Å². The first-order valence-corrected chi connectivity index (χ1v) is 9.87. The van der Waals surface area contributed by atoms with Crippen LogP contribution in [-0.4, -0.2) is 19.1 Å². The van der Waals surface area contributed by atoms with Crippen molar-refractivity contribution in [2.75, 3.05) is 24.7 Å². The molecule has 2 N–H and O–H groups in total. The van der Waals surface area contributed by atoms with Crippen LogP contribution in [0.3, 0.4) is 0 Å². The van der Waals surface area contributed by atoms with Crippen LogP contribution in [0.15, 0.2) is 84.9 Å². The number of pyridine rings is 1. The van der Waals surface area contributed by atoms with E-state index in [1.54, 1.807) is 0 Å². The minimum Gasteiger partial charge on any atom is -0.457 e. The second-order valence-electron chi connectivity index (χ2n) is 7.31. The van der Waals surface area contributed by atoms with E-state index < -0.39 is 0 Å². The third-order valence-electron chi connectivity index (χ3n) is 4.98. The van der Waals surface area contributed by atoms with E-state index in [2.05, 4.69) is 11.1 Å². The Bertz CT molecular complexity index is 1230. The van der Waals surface area contributed by atoms with Gasteiger partial charge in [-0.15, -0.1) is 0 Å². The zero-order valence-corrected chi connectivity index (χ0v) is 17.4. The molecule has 3 aromatic carbocycles. The molecule has 152 valence electrons. The molecule has 0 aliphatic rings. The summed E-state index contributed by atoms with van der Waals surface area (Å²) in [4.78, 5) is 6.49. The van der Waals surface area contributed by atoms with E-state index in [4.69, 9.17) is 10.5 Å². The van der Waals surface area contributed by atoms with Crippen LogP contribution in [0.25, 0.3) is 22.4 Å². The van der Waals surface area contributed by atoms with Crippen LogP contribution in [0.5, 0.6) is 11.5 Å². The maximum atomic E-state index is 9.65. The lowest BCUT2D eigenvalue weighted by atomic mass is 9.98. The number of hydrogen-bond donors (Lipinski definition) is 1. The topological polar surface area (TPSA) is 75.2 Å². The molecule has 4 aromatic rings. The van der Waals surface area contributed by atoms with E-state index in [9.17, 15) is 5.26 Å². The highest BCUT2D eigenvalue weighted by Gasteiger charge is 2.14. The summed E-state index contributed by atoms with van der Waals surface area (Å²) in [6.45, 7) is 0. The van der Waals surface area contributed by atoms with Crippen LogP contribution < -0.4 is 15.4 Å². The maximum Gasteiger partial charge on any atom is 0.142 e. The Hall–Kier alpha value is -4.30. The number of anilines is 2. The third-order valence-corrected chi connectivity index (χ3v) is 4.98. The summed E-state index contributed by atoms with van der Waals surface area (Å²) in [6, 6.07) is 29.4. The van der Waals surface area contributed by atoms with Crippen molar-refractivity contribution in [2.45, 2.75) is 0 Å². The predicted octanol–water partition coefficient (Wildman–Crippen LogP) is 5.73. The molecule has 0 atom stereocenters. The van der Waals surface area contributed by atoms with Gasteiger partial charge in [0.25, 0.3) is 0 Å².